The van der Waals surface area contributed by atoms with E-state index in [-0.39, 0.29) is 11.8 Å². The SMILES string of the molecule is CNC(=O)c1ccc(Cc2cc3c(c(Cl)c2C)OCCNC3=O)nc1. The molecule has 0 saturated heterocycles. The van der Waals surface area contributed by atoms with Gasteiger partial charge in [0.15, 0.2) is 5.75 Å². The Morgan fingerprint density at radius 1 is 1.44 bits per heavy atom. The monoisotopic (exact) mass is 359 g/mol. The Labute approximate surface area is 150 Å². The summed E-state index contributed by atoms with van der Waals surface area (Å²) in [5.41, 5.74) is 3.46. The molecule has 2 aromatic rings. The third-order valence-corrected chi connectivity index (χ3v) is 4.59. The molecular formula is C18H18ClN3O3. The van der Waals surface area contributed by atoms with Crippen LogP contribution >= 0.6 is 11.6 Å². The summed E-state index contributed by atoms with van der Waals surface area (Å²) < 4.78 is 5.61. The topological polar surface area (TPSA) is 80.3 Å². The first-order valence-electron chi connectivity index (χ1n) is 7.91. The van der Waals surface area contributed by atoms with E-state index in [0.717, 1.165) is 16.8 Å². The molecule has 0 saturated carbocycles. The van der Waals surface area contributed by atoms with Crippen LogP contribution in [0.4, 0.5) is 0 Å². The van der Waals surface area contributed by atoms with Crippen LogP contribution in [-0.4, -0.2) is 37.0 Å². The maximum absolute atomic E-state index is 12.2. The third kappa shape index (κ3) is 3.44. The zero-order valence-corrected chi connectivity index (χ0v) is 14.7. The summed E-state index contributed by atoms with van der Waals surface area (Å²) in [6.45, 7) is 2.73. The molecule has 0 bridgehead atoms. The lowest BCUT2D eigenvalue weighted by Gasteiger charge is -2.14. The molecule has 0 aliphatic carbocycles. The minimum atomic E-state index is -0.196. The number of amides is 2. The van der Waals surface area contributed by atoms with Crippen LogP contribution < -0.4 is 15.4 Å². The molecule has 2 amide bonds. The minimum absolute atomic E-state index is 0.183. The quantitative estimate of drug-likeness (QED) is 0.879. The Morgan fingerprint density at radius 2 is 2.24 bits per heavy atom. The number of ether oxygens (including phenoxy) is 1. The lowest BCUT2D eigenvalue weighted by molar-refractivity contribution is 0.0951. The number of benzene rings is 1. The Balaban J connectivity index is 1.94. The van der Waals surface area contributed by atoms with Crippen molar-refractivity contribution in [3.8, 4) is 5.75 Å². The molecule has 0 atom stereocenters. The Kier molecular flexibility index (Phi) is 4.90. The summed E-state index contributed by atoms with van der Waals surface area (Å²) in [5.74, 6) is 0.0524. The number of aromatic nitrogens is 1. The van der Waals surface area contributed by atoms with Gasteiger partial charge in [0, 0.05) is 25.4 Å². The first kappa shape index (κ1) is 17.2. The lowest BCUT2D eigenvalue weighted by Crippen LogP contribution is -2.24. The number of carbonyl (C=O) groups is 2. The van der Waals surface area contributed by atoms with E-state index in [0.29, 0.717) is 41.5 Å². The molecule has 130 valence electrons. The second-order valence-corrected chi connectivity index (χ2v) is 6.13. The molecule has 25 heavy (non-hydrogen) atoms. The summed E-state index contributed by atoms with van der Waals surface area (Å²) >= 11 is 6.43. The molecule has 7 heteroatoms. The summed E-state index contributed by atoms with van der Waals surface area (Å²) in [4.78, 5) is 28.1. The highest BCUT2D eigenvalue weighted by atomic mass is 35.5. The normalized spacial score (nSPS) is 13.3. The number of hydrogen-bond acceptors (Lipinski definition) is 4. The van der Waals surface area contributed by atoms with Crippen LogP contribution in [0.25, 0.3) is 0 Å². The number of carbonyl (C=O) groups excluding carboxylic acids is 2. The van der Waals surface area contributed by atoms with E-state index in [2.05, 4.69) is 15.6 Å². The van der Waals surface area contributed by atoms with Gasteiger partial charge in [-0.1, -0.05) is 11.6 Å². The summed E-state index contributed by atoms with van der Waals surface area (Å²) in [6.07, 6.45) is 2.03. The molecule has 0 unspecified atom stereocenters. The number of hydrogen-bond donors (Lipinski definition) is 2. The smallest absolute Gasteiger partial charge is 0.255 e. The van der Waals surface area contributed by atoms with Crippen LogP contribution in [0, 0.1) is 6.92 Å². The molecule has 6 nitrogen and oxygen atoms in total. The molecule has 0 fully saturated rings. The fourth-order valence-electron chi connectivity index (χ4n) is 2.69. The number of fused-ring (bicyclic) bond motifs is 1. The second-order valence-electron chi connectivity index (χ2n) is 5.75. The number of nitrogens with zero attached hydrogens (tertiary/aromatic N) is 1. The van der Waals surface area contributed by atoms with Gasteiger partial charge in [0.1, 0.15) is 6.61 Å². The maximum atomic E-state index is 12.2. The Morgan fingerprint density at radius 3 is 2.92 bits per heavy atom. The van der Waals surface area contributed by atoms with Gasteiger partial charge in [-0.2, -0.15) is 0 Å². The number of halogens is 1. The van der Waals surface area contributed by atoms with Crippen LogP contribution in [0.5, 0.6) is 5.75 Å². The maximum Gasteiger partial charge on any atom is 0.255 e. The van der Waals surface area contributed by atoms with Crippen LogP contribution in [0.1, 0.15) is 37.5 Å². The highest BCUT2D eigenvalue weighted by Crippen LogP contribution is 2.35. The van der Waals surface area contributed by atoms with E-state index in [9.17, 15) is 9.59 Å². The molecule has 1 aliphatic heterocycles. The van der Waals surface area contributed by atoms with Crippen molar-refractivity contribution in [2.45, 2.75) is 13.3 Å². The fraction of sp³-hybridized carbons (Fsp3) is 0.278. The van der Waals surface area contributed by atoms with Crippen molar-refractivity contribution in [1.29, 1.82) is 0 Å². The molecule has 0 radical (unpaired) electrons. The van der Waals surface area contributed by atoms with E-state index in [1.54, 1.807) is 25.2 Å². The molecular weight excluding hydrogens is 342 g/mol. The van der Waals surface area contributed by atoms with Gasteiger partial charge in [-0.05, 0) is 36.2 Å². The van der Waals surface area contributed by atoms with E-state index >= 15 is 0 Å². The van der Waals surface area contributed by atoms with Gasteiger partial charge in [-0.25, -0.2) is 0 Å². The van der Waals surface area contributed by atoms with Crippen molar-refractivity contribution in [2.75, 3.05) is 20.2 Å². The number of nitrogens with one attached hydrogen (secondary N) is 2. The minimum Gasteiger partial charge on any atom is -0.489 e. The van der Waals surface area contributed by atoms with Crippen molar-refractivity contribution in [3.05, 3.63) is 57.4 Å². The first-order valence-corrected chi connectivity index (χ1v) is 8.29. The molecule has 0 spiro atoms. The van der Waals surface area contributed by atoms with Crippen molar-refractivity contribution < 1.29 is 14.3 Å². The van der Waals surface area contributed by atoms with Crippen molar-refractivity contribution in [1.82, 2.24) is 15.6 Å². The van der Waals surface area contributed by atoms with Crippen LogP contribution in [0.2, 0.25) is 5.02 Å². The average molecular weight is 360 g/mol. The number of pyridine rings is 1. The van der Waals surface area contributed by atoms with Crippen molar-refractivity contribution >= 4 is 23.4 Å². The van der Waals surface area contributed by atoms with Gasteiger partial charge >= 0.3 is 0 Å². The van der Waals surface area contributed by atoms with Gasteiger partial charge in [-0.3, -0.25) is 14.6 Å². The molecule has 2 heterocycles. The van der Waals surface area contributed by atoms with Gasteiger partial charge in [-0.15, -0.1) is 0 Å². The molecule has 2 N–H and O–H groups in total. The largest absolute Gasteiger partial charge is 0.489 e. The lowest BCUT2D eigenvalue weighted by atomic mass is 9.99. The van der Waals surface area contributed by atoms with E-state index in [4.69, 9.17) is 16.3 Å². The summed E-state index contributed by atoms with van der Waals surface area (Å²) in [6, 6.07) is 5.31. The standard InChI is InChI=1S/C18H18ClN3O3/c1-10-12(7-13-4-3-11(9-22-13)17(23)20-2)8-14-16(15(10)19)25-6-5-21-18(14)24/h3-4,8-9H,5-7H2,1-2H3,(H,20,23)(H,21,24). The highest BCUT2D eigenvalue weighted by Gasteiger charge is 2.22. The zero-order chi connectivity index (χ0) is 18.0. The van der Waals surface area contributed by atoms with Crippen LogP contribution in [0.3, 0.4) is 0 Å². The fourth-order valence-corrected chi connectivity index (χ4v) is 2.96. The molecule has 3 rings (SSSR count). The van der Waals surface area contributed by atoms with Crippen molar-refractivity contribution in [3.63, 3.8) is 0 Å². The van der Waals surface area contributed by atoms with E-state index in [1.165, 1.54) is 6.20 Å². The van der Waals surface area contributed by atoms with Gasteiger partial charge in [0.05, 0.1) is 22.7 Å². The third-order valence-electron chi connectivity index (χ3n) is 4.14. The van der Waals surface area contributed by atoms with Gasteiger partial charge < -0.3 is 15.4 Å². The van der Waals surface area contributed by atoms with Crippen LogP contribution in [0.15, 0.2) is 24.4 Å². The summed E-state index contributed by atoms with van der Waals surface area (Å²) in [7, 11) is 1.57. The summed E-state index contributed by atoms with van der Waals surface area (Å²) in [5, 5.41) is 5.79. The van der Waals surface area contributed by atoms with Crippen LogP contribution in [-0.2, 0) is 6.42 Å². The molecule has 1 aromatic heterocycles. The zero-order valence-electron chi connectivity index (χ0n) is 14.0. The first-order chi connectivity index (χ1) is 12.0. The van der Waals surface area contributed by atoms with E-state index in [1.807, 2.05) is 6.92 Å². The number of rotatable bonds is 3. The molecule has 1 aromatic carbocycles. The highest BCUT2D eigenvalue weighted by molar-refractivity contribution is 6.33. The predicted octanol–water partition coefficient (Wildman–Crippen LogP) is 2.12. The Hall–Kier alpha value is -2.60. The second kappa shape index (κ2) is 7.11. The predicted molar refractivity (Wildman–Crippen MR) is 94.5 cm³/mol. The van der Waals surface area contributed by atoms with Crippen molar-refractivity contribution in [2.24, 2.45) is 0 Å². The average Bonchev–Trinajstić information content (AvgIpc) is 2.81. The van der Waals surface area contributed by atoms with Gasteiger partial charge in [0.2, 0.25) is 0 Å². The molecule has 1 aliphatic rings. The van der Waals surface area contributed by atoms with Gasteiger partial charge in [0.25, 0.3) is 11.8 Å². The Bertz CT molecular complexity index is 834. The van der Waals surface area contributed by atoms with E-state index < -0.39 is 0 Å².